The molecule has 0 fully saturated rings. The van der Waals surface area contributed by atoms with Crippen molar-refractivity contribution < 1.29 is 8.42 Å². The third kappa shape index (κ3) is 2.63. The van der Waals surface area contributed by atoms with Gasteiger partial charge in [0.1, 0.15) is 0 Å². The highest BCUT2D eigenvalue weighted by Gasteiger charge is 2.19. The lowest BCUT2D eigenvalue weighted by molar-refractivity contribution is 0.600. The summed E-state index contributed by atoms with van der Waals surface area (Å²) in [4.78, 5) is 0. The zero-order valence-electron chi connectivity index (χ0n) is 11.5. The molecule has 102 valence electrons. The lowest BCUT2D eigenvalue weighted by Gasteiger charge is -2.22. The van der Waals surface area contributed by atoms with Crippen molar-refractivity contribution in [1.29, 1.82) is 0 Å². The van der Waals surface area contributed by atoms with E-state index >= 15 is 0 Å². The Morgan fingerprint density at radius 2 is 2.00 bits per heavy atom. The number of anilines is 1. The van der Waals surface area contributed by atoms with Crippen molar-refractivity contribution in [2.24, 2.45) is 7.05 Å². The topological polar surface area (TPSA) is 55.2 Å². The van der Waals surface area contributed by atoms with Crippen LogP contribution in [0.4, 0.5) is 5.69 Å². The molecule has 0 bridgehead atoms. The number of para-hydroxylation sites is 1. The average molecular weight is 279 g/mol. The Hall–Kier alpha value is -1.82. The number of sulfonamides is 1. The zero-order chi connectivity index (χ0) is 14.2. The second-order valence-electron chi connectivity index (χ2n) is 4.60. The molecule has 1 aromatic heterocycles. The van der Waals surface area contributed by atoms with Gasteiger partial charge in [-0.3, -0.25) is 8.99 Å². The molecule has 0 aliphatic rings. The van der Waals surface area contributed by atoms with Crippen LogP contribution in [0.3, 0.4) is 0 Å². The third-order valence-electron chi connectivity index (χ3n) is 3.07. The van der Waals surface area contributed by atoms with Crippen molar-refractivity contribution in [2.75, 3.05) is 17.6 Å². The van der Waals surface area contributed by atoms with E-state index in [2.05, 4.69) is 5.10 Å². The molecule has 0 aliphatic heterocycles. The summed E-state index contributed by atoms with van der Waals surface area (Å²) in [5, 5.41) is 4.13. The Morgan fingerprint density at radius 1 is 1.32 bits per heavy atom. The highest BCUT2D eigenvalue weighted by Crippen LogP contribution is 2.33. The maximum absolute atomic E-state index is 11.8. The maximum Gasteiger partial charge on any atom is 0.232 e. The molecule has 0 radical (unpaired) electrons. The largest absolute Gasteiger partial charge is 0.275 e. The molecule has 1 heterocycles. The van der Waals surface area contributed by atoms with E-state index in [1.54, 1.807) is 17.9 Å². The molecule has 2 aromatic rings. The molecule has 6 heteroatoms. The minimum atomic E-state index is -3.30. The molecule has 0 saturated carbocycles. The van der Waals surface area contributed by atoms with E-state index in [1.807, 2.05) is 38.4 Å². The van der Waals surface area contributed by atoms with E-state index in [1.165, 1.54) is 10.6 Å². The Bertz CT molecular complexity index is 704. The van der Waals surface area contributed by atoms with Gasteiger partial charge in [0.25, 0.3) is 0 Å². The van der Waals surface area contributed by atoms with Gasteiger partial charge in [0.15, 0.2) is 0 Å². The van der Waals surface area contributed by atoms with Crippen LogP contribution in [0.15, 0.2) is 30.6 Å². The predicted molar refractivity (Wildman–Crippen MR) is 76.6 cm³/mol. The SMILES string of the molecule is Cc1cccc(-c2cnn(C)c2)c1N(C)S(C)(=O)=O. The molecule has 0 unspecified atom stereocenters. The zero-order valence-corrected chi connectivity index (χ0v) is 12.3. The summed E-state index contributed by atoms with van der Waals surface area (Å²) in [6.45, 7) is 1.90. The quantitative estimate of drug-likeness (QED) is 0.860. The highest BCUT2D eigenvalue weighted by molar-refractivity contribution is 7.92. The van der Waals surface area contributed by atoms with Crippen molar-refractivity contribution in [3.05, 3.63) is 36.2 Å². The molecule has 19 heavy (non-hydrogen) atoms. The summed E-state index contributed by atoms with van der Waals surface area (Å²) >= 11 is 0. The Kier molecular flexibility index (Phi) is 3.36. The van der Waals surface area contributed by atoms with Crippen molar-refractivity contribution in [1.82, 2.24) is 9.78 Å². The van der Waals surface area contributed by atoms with Crippen molar-refractivity contribution in [3.63, 3.8) is 0 Å². The molecule has 2 rings (SSSR count). The number of rotatable bonds is 3. The molecule has 0 N–H and O–H groups in total. The van der Waals surface area contributed by atoms with Gasteiger partial charge in [-0.1, -0.05) is 18.2 Å². The number of aryl methyl sites for hydroxylation is 2. The summed E-state index contributed by atoms with van der Waals surface area (Å²) < 4.78 is 26.6. The molecular formula is C13H17N3O2S. The first-order chi connectivity index (χ1) is 8.80. The van der Waals surface area contributed by atoms with Crippen LogP contribution in [-0.2, 0) is 17.1 Å². The van der Waals surface area contributed by atoms with Crippen LogP contribution in [-0.4, -0.2) is 31.5 Å². The van der Waals surface area contributed by atoms with E-state index in [4.69, 9.17) is 0 Å². The lowest BCUT2D eigenvalue weighted by Crippen LogP contribution is -2.26. The number of aromatic nitrogens is 2. The van der Waals surface area contributed by atoms with Gasteiger partial charge in [-0.15, -0.1) is 0 Å². The predicted octanol–water partition coefficient (Wildman–Crippen LogP) is 1.79. The van der Waals surface area contributed by atoms with E-state index < -0.39 is 10.0 Å². The standard InChI is InChI=1S/C13H17N3O2S/c1-10-6-5-7-12(11-8-14-15(2)9-11)13(10)16(3)19(4,17)18/h5-9H,1-4H3. The van der Waals surface area contributed by atoms with Gasteiger partial charge in [-0.25, -0.2) is 8.42 Å². The molecule has 0 aliphatic carbocycles. The van der Waals surface area contributed by atoms with Gasteiger partial charge in [0.2, 0.25) is 10.0 Å². The fraction of sp³-hybridized carbons (Fsp3) is 0.308. The second kappa shape index (κ2) is 4.70. The molecule has 0 atom stereocenters. The first-order valence-corrected chi connectivity index (χ1v) is 7.68. The first-order valence-electron chi connectivity index (χ1n) is 5.83. The molecule has 0 saturated heterocycles. The summed E-state index contributed by atoms with van der Waals surface area (Å²) in [7, 11) is 0.104. The van der Waals surface area contributed by atoms with Crippen molar-refractivity contribution in [3.8, 4) is 11.1 Å². The van der Waals surface area contributed by atoms with Crippen LogP contribution < -0.4 is 4.31 Å². The minimum Gasteiger partial charge on any atom is -0.275 e. The van der Waals surface area contributed by atoms with Crippen molar-refractivity contribution >= 4 is 15.7 Å². The first kappa shape index (κ1) is 13.6. The van der Waals surface area contributed by atoms with Crippen LogP contribution in [0, 0.1) is 6.92 Å². The van der Waals surface area contributed by atoms with Gasteiger partial charge >= 0.3 is 0 Å². The fourth-order valence-corrected chi connectivity index (χ4v) is 2.61. The van der Waals surface area contributed by atoms with Gasteiger partial charge < -0.3 is 0 Å². The molecule has 0 spiro atoms. The van der Waals surface area contributed by atoms with Crippen LogP contribution in [0.2, 0.25) is 0 Å². The van der Waals surface area contributed by atoms with Gasteiger partial charge in [-0.2, -0.15) is 5.10 Å². The number of benzene rings is 1. The summed E-state index contributed by atoms with van der Waals surface area (Å²) in [5.41, 5.74) is 3.37. The fourth-order valence-electron chi connectivity index (χ4n) is 2.04. The molecule has 5 nitrogen and oxygen atoms in total. The average Bonchev–Trinajstić information content (AvgIpc) is 2.73. The number of hydrogen-bond donors (Lipinski definition) is 0. The summed E-state index contributed by atoms with van der Waals surface area (Å²) in [6, 6.07) is 5.72. The molecular weight excluding hydrogens is 262 g/mol. The van der Waals surface area contributed by atoms with Gasteiger partial charge in [-0.05, 0) is 12.5 Å². The van der Waals surface area contributed by atoms with Crippen LogP contribution in [0.1, 0.15) is 5.56 Å². The smallest absolute Gasteiger partial charge is 0.232 e. The number of hydrogen-bond acceptors (Lipinski definition) is 3. The molecule has 1 aromatic carbocycles. The normalized spacial score (nSPS) is 11.6. The third-order valence-corrected chi connectivity index (χ3v) is 4.24. The Labute approximate surface area is 113 Å². The van der Waals surface area contributed by atoms with Crippen LogP contribution >= 0.6 is 0 Å². The van der Waals surface area contributed by atoms with E-state index in [-0.39, 0.29) is 0 Å². The van der Waals surface area contributed by atoms with Crippen LogP contribution in [0.25, 0.3) is 11.1 Å². The lowest BCUT2D eigenvalue weighted by atomic mass is 10.0. The second-order valence-corrected chi connectivity index (χ2v) is 6.62. The van der Waals surface area contributed by atoms with Crippen molar-refractivity contribution in [2.45, 2.75) is 6.92 Å². The number of nitrogens with zero attached hydrogens (tertiary/aromatic N) is 3. The maximum atomic E-state index is 11.8. The van der Waals surface area contributed by atoms with Gasteiger partial charge in [0.05, 0.1) is 18.1 Å². The van der Waals surface area contributed by atoms with Crippen LogP contribution in [0.5, 0.6) is 0 Å². The van der Waals surface area contributed by atoms with E-state index in [0.717, 1.165) is 16.7 Å². The summed E-state index contributed by atoms with van der Waals surface area (Å²) in [5.74, 6) is 0. The highest BCUT2D eigenvalue weighted by atomic mass is 32.2. The van der Waals surface area contributed by atoms with E-state index in [9.17, 15) is 8.42 Å². The Morgan fingerprint density at radius 3 is 2.53 bits per heavy atom. The van der Waals surface area contributed by atoms with Gasteiger partial charge in [0, 0.05) is 31.4 Å². The monoisotopic (exact) mass is 279 g/mol. The molecule has 0 amide bonds. The Balaban J connectivity index is 2.67. The minimum absolute atomic E-state index is 0.693. The van der Waals surface area contributed by atoms with E-state index in [0.29, 0.717) is 5.69 Å². The summed E-state index contributed by atoms with van der Waals surface area (Å²) in [6.07, 6.45) is 4.80.